The van der Waals surface area contributed by atoms with Gasteiger partial charge in [0.1, 0.15) is 11.9 Å². The Hall–Kier alpha value is -1.55. The maximum Gasteiger partial charge on any atom is 0.249 e. The molecule has 1 aromatic rings. The molecule has 2 atom stereocenters. The summed E-state index contributed by atoms with van der Waals surface area (Å²) in [7, 11) is 0. The summed E-state index contributed by atoms with van der Waals surface area (Å²) in [5.74, 6) is 0.464. The van der Waals surface area contributed by atoms with Crippen molar-refractivity contribution >= 4 is 5.91 Å². The van der Waals surface area contributed by atoms with Crippen molar-refractivity contribution in [3.63, 3.8) is 0 Å². The van der Waals surface area contributed by atoms with Gasteiger partial charge in [0.15, 0.2) is 0 Å². The van der Waals surface area contributed by atoms with E-state index >= 15 is 0 Å². The maximum absolute atomic E-state index is 11.4. The van der Waals surface area contributed by atoms with Gasteiger partial charge in [0.25, 0.3) is 0 Å². The molecule has 0 radical (unpaired) electrons. The van der Waals surface area contributed by atoms with E-state index in [0.29, 0.717) is 6.61 Å². The number of nitrogens with one attached hydrogen (secondary N) is 1. The lowest BCUT2D eigenvalue weighted by molar-refractivity contribution is -0.129. The molecule has 16 heavy (non-hydrogen) atoms. The quantitative estimate of drug-likeness (QED) is 0.783. The lowest BCUT2D eigenvalue weighted by Gasteiger charge is -2.27. The van der Waals surface area contributed by atoms with Crippen LogP contribution >= 0.6 is 0 Å². The molecule has 1 aliphatic heterocycles. The van der Waals surface area contributed by atoms with Gasteiger partial charge in [0.2, 0.25) is 5.91 Å². The zero-order chi connectivity index (χ0) is 11.5. The van der Waals surface area contributed by atoms with E-state index < -0.39 is 6.10 Å². The highest BCUT2D eigenvalue weighted by Crippen LogP contribution is 2.31. The zero-order valence-electron chi connectivity index (χ0n) is 9.14. The fraction of sp³-hybridized carbons (Fsp3) is 0.417. The lowest BCUT2D eigenvalue weighted by atomic mass is 10.0. The minimum Gasteiger partial charge on any atom is -0.493 e. The number of fused-ring (bicyclic) bond motifs is 1. The van der Waals surface area contributed by atoms with Gasteiger partial charge >= 0.3 is 0 Å². The molecule has 86 valence electrons. The fourth-order valence-corrected chi connectivity index (χ4v) is 1.78. The molecule has 0 saturated carbocycles. The number of rotatable bonds is 2. The largest absolute Gasteiger partial charge is 0.493 e. The van der Waals surface area contributed by atoms with Gasteiger partial charge in [-0.3, -0.25) is 4.79 Å². The van der Waals surface area contributed by atoms with Crippen LogP contribution in [0.1, 0.15) is 24.9 Å². The highest BCUT2D eigenvalue weighted by Gasteiger charge is 2.23. The minimum atomic E-state index is -0.977. The number of hydrogen-bond donors (Lipinski definition) is 2. The number of amides is 1. The highest BCUT2D eigenvalue weighted by atomic mass is 16.5. The molecule has 0 bridgehead atoms. The second-order valence-corrected chi connectivity index (χ2v) is 3.91. The van der Waals surface area contributed by atoms with E-state index in [4.69, 9.17) is 9.84 Å². The summed E-state index contributed by atoms with van der Waals surface area (Å²) >= 11 is 0. The van der Waals surface area contributed by atoms with Crippen molar-refractivity contribution in [1.82, 2.24) is 5.32 Å². The Morgan fingerprint density at radius 1 is 1.56 bits per heavy atom. The molecule has 2 N–H and O–H groups in total. The number of aliphatic hydroxyl groups excluding tert-OH is 1. The van der Waals surface area contributed by atoms with E-state index in [0.717, 1.165) is 17.7 Å². The van der Waals surface area contributed by atoms with Crippen molar-refractivity contribution in [2.45, 2.75) is 25.5 Å². The van der Waals surface area contributed by atoms with Crippen molar-refractivity contribution in [3.05, 3.63) is 29.8 Å². The van der Waals surface area contributed by atoms with E-state index in [1.165, 1.54) is 6.92 Å². The molecule has 4 nitrogen and oxygen atoms in total. The number of aliphatic hydroxyl groups is 1. The van der Waals surface area contributed by atoms with Crippen LogP contribution in [0.15, 0.2) is 24.3 Å². The first-order valence-electron chi connectivity index (χ1n) is 5.38. The summed E-state index contributed by atoms with van der Waals surface area (Å²) in [6, 6.07) is 7.57. The maximum atomic E-state index is 11.4. The third kappa shape index (κ3) is 2.17. The second kappa shape index (κ2) is 4.53. The average molecular weight is 221 g/mol. The molecule has 1 amide bonds. The van der Waals surface area contributed by atoms with Crippen molar-refractivity contribution in [3.8, 4) is 5.75 Å². The topological polar surface area (TPSA) is 58.6 Å². The van der Waals surface area contributed by atoms with Crippen LogP contribution < -0.4 is 10.1 Å². The molecule has 0 aliphatic carbocycles. The van der Waals surface area contributed by atoms with Gasteiger partial charge in [-0.1, -0.05) is 18.2 Å². The normalized spacial score (nSPS) is 20.5. The van der Waals surface area contributed by atoms with Gasteiger partial charge in [-0.05, 0) is 13.0 Å². The SMILES string of the molecule is CC(O)C(=O)NC1CCOc2ccccc21. The summed E-state index contributed by atoms with van der Waals surface area (Å²) in [6.45, 7) is 2.04. The van der Waals surface area contributed by atoms with E-state index in [2.05, 4.69) is 5.32 Å². The summed E-state index contributed by atoms with van der Waals surface area (Å²) in [5.41, 5.74) is 0.975. The Kier molecular flexibility index (Phi) is 3.10. The summed E-state index contributed by atoms with van der Waals surface area (Å²) < 4.78 is 5.48. The minimum absolute atomic E-state index is 0.0629. The smallest absolute Gasteiger partial charge is 0.249 e. The van der Waals surface area contributed by atoms with Crippen LogP contribution in [0.25, 0.3) is 0 Å². The van der Waals surface area contributed by atoms with Crippen molar-refractivity contribution in [2.24, 2.45) is 0 Å². The van der Waals surface area contributed by atoms with Crippen LogP contribution in [-0.2, 0) is 4.79 Å². The fourth-order valence-electron chi connectivity index (χ4n) is 1.78. The van der Waals surface area contributed by atoms with Crippen LogP contribution in [0.2, 0.25) is 0 Å². The van der Waals surface area contributed by atoms with Crippen LogP contribution in [0.4, 0.5) is 0 Å². The van der Waals surface area contributed by atoms with Gasteiger partial charge in [-0.2, -0.15) is 0 Å². The molecule has 2 rings (SSSR count). The molecule has 0 spiro atoms. The predicted molar refractivity (Wildman–Crippen MR) is 59.1 cm³/mol. The predicted octanol–water partition coefficient (Wildman–Crippen LogP) is 1.01. The van der Waals surface area contributed by atoms with Gasteiger partial charge in [0.05, 0.1) is 12.6 Å². The van der Waals surface area contributed by atoms with Gasteiger partial charge in [0, 0.05) is 12.0 Å². The first-order valence-corrected chi connectivity index (χ1v) is 5.38. The zero-order valence-corrected chi connectivity index (χ0v) is 9.14. The molecular weight excluding hydrogens is 206 g/mol. The third-order valence-electron chi connectivity index (χ3n) is 2.65. The number of carbonyl (C=O) groups excluding carboxylic acids is 1. The second-order valence-electron chi connectivity index (χ2n) is 3.91. The monoisotopic (exact) mass is 221 g/mol. The van der Waals surface area contributed by atoms with Crippen molar-refractivity contribution in [1.29, 1.82) is 0 Å². The Morgan fingerprint density at radius 3 is 3.06 bits per heavy atom. The number of benzene rings is 1. The number of para-hydroxylation sites is 1. The molecule has 0 saturated heterocycles. The van der Waals surface area contributed by atoms with Gasteiger partial charge in [-0.15, -0.1) is 0 Å². The molecule has 1 aliphatic rings. The standard InChI is InChI=1S/C12H15NO3/c1-8(14)12(15)13-10-6-7-16-11-5-3-2-4-9(10)11/h2-5,8,10,14H,6-7H2,1H3,(H,13,15). The highest BCUT2D eigenvalue weighted by molar-refractivity contribution is 5.80. The van der Waals surface area contributed by atoms with Crippen molar-refractivity contribution in [2.75, 3.05) is 6.61 Å². The van der Waals surface area contributed by atoms with Crippen LogP contribution in [0.5, 0.6) is 5.75 Å². The molecular formula is C12H15NO3. The molecule has 1 aromatic carbocycles. The van der Waals surface area contributed by atoms with E-state index in [9.17, 15) is 4.79 Å². The number of carbonyl (C=O) groups is 1. The summed E-state index contributed by atoms with van der Waals surface area (Å²) in [5, 5.41) is 12.0. The summed E-state index contributed by atoms with van der Waals surface area (Å²) in [4.78, 5) is 11.4. The first-order chi connectivity index (χ1) is 7.68. The van der Waals surface area contributed by atoms with Gasteiger partial charge < -0.3 is 15.2 Å². The van der Waals surface area contributed by atoms with Crippen LogP contribution in [0.3, 0.4) is 0 Å². The molecule has 0 aromatic heterocycles. The third-order valence-corrected chi connectivity index (χ3v) is 2.65. The molecule has 0 fully saturated rings. The Labute approximate surface area is 94.2 Å². The summed E-state index contributed by atoms with van der Waals surface area (Å²) in [6.07, 6.45) is -0.245. The van der Waals surface area contributed by atoms with E-state index in [1.807, 2.05) is 24.3 Å². The Balaban J connectivity index is 2.16. The van der Waals surface area contributed by atoms with E-state index in [-0.39, 0.29) is 11.9 Å². The Bertz CT molecular complexity index is 390. The molecule has 2 unspecified atom stereocenters. The molecule has 1 heterocycles. The Morgan fingerprint density at radius 2 is 2.31 bits per heavy atom. The van der Waals surface area contributed by atoms with Crippen molar-refractivity contribution < 1.29 is 14.6 Å². The number of hydrogen-bond acceptors (Lipinski definition) is 3. The lowest BCUT2D eigenvalue weighted by Crippen LogP contribution is -2.37. The average Bonchev–Trinajstić information content (AvgIpc) is 2.29. The van der Waals surface area contributed by atoms with E-state index in [1.54, 1.807) is 0 Å². The van der Waals surface area contributed by atoms with Crippen LogP contribution in [-0.4, -0.2) is 23.7 Å². The van der Waals surface area contributed by atoms with Gasteiger partial charge in [-0.25, -0.2) is 0 Å². The molecule has 4 heteroatoms. The number of ether oxygens (including phenoxy) is 1. The van der Waals surface area contributed by atoms with Crippen LogP contribution in [0, 0.1) is 0 Å². The first kappa shape index (κ1) is 11.0.